The van der Waals surface area contributed by atoms with Gasteiger partial charge in [0.2, 0.25) is 0 Å². The fourth-order valence-corrected chi connectivity index (χ4v) is 5.58. The van der Waals surface area contributed by atoms with E-state index < -0.39 is 37.9 Å². The van der Waals surface area contributed by atoms with Gasteiger partial charge in [-0.15, -0.1) is 0 Å². The third-order valence-corrected chi connectivity index (χ3v) is 7.73. The Hall–Kier alpha value is -2.79. The maximum Gasteiger partial charge on any atom is 0.328 e. The van der Waals surface area contributed by atoms with Crippen LogP contribution in [0.15, 0.2) is 23.9 Å². The van der Waals surface area contributed by atoms with E-state index in [1.165, 1.54) is 38.3 Å². The van der Waals surface area contributed by atoms with Gasteiger partial charge in [-0.3, -0.25) is 14.6 Å². The Morgan fingerprint density at radius 2 is 2.11 bits per heavy atom. The normalized spacial score (nSPS) is 25.9. The van der Waals surface area contributed by atoms with E-state index in [1.807, 2.05) is 0 Å². The number of hydrogen-bond donors (Lipinski definition) is 3. The van der Waals surface area contributed by atoms with E-state index in [0.29, 0.717) is 0 Å². The summed E-state index contributed by atoms with van der Waals surface area (Å²) >= 11 is 0. The lowest BCUT2D eigenvalue weighted by molar-refractivity contribution is -0.152. The predicted molar refractivity (Wildman–Crippen MR) is 98.7 cm³/mol. The quantitative estimate of drug-likeness (QED) is 0.412. The summed E-state index contributed by atoms with van der Waals surface area (Å²) in [6.07, 6.45) is 2.64. The highest BCUT2D eigenvalue weighted by Crippen LogP contribution is 2.48. The van der Waals surface area contributed by atoms with E-state index in [-0.39, 0.29) is 35.8 Å². The lowest BCUT2D eigenvalue weighted by atomic mass is 9.95. The molecule has 0 aliphatic carbocycles. The third kappa shape index (κ3) is 2.78. The first-order valence-electron chi connectivity index (χ1n) is 8.49. The minimum Gasteiger partial charge on any atom is -0.480 e. The van der Waals surface area contributed by atoms with Gasteiger partial charge in [-0.2, -0.15) is 0 Å². The molecule has 1 aromatic rings. The molecule has 2 fully saturated rings. The number of pyridine rings is 1. The van der Waals surface area contributed by atoms with Crippen LogP contribution in [0.3, 0.4) is 0 Å². The zero-order chi connectivity index (χ0) is 20.9. The first-order valence-corrected chi connectivity index (χ1v) is 10.0. The number of fused-ring (bicyclic) bond motifs is 1. The number of carbonyl (C=O) groups excluding carboxylic acids is 2. The zero-order valence-corrected chi connectivity index (χ0v) is 16.1. The van der Waals surface area contributed by atoms with Crippen LogP contribution in [-0.4, -0.2) is 70.4 Å². The number of carbonyl (C=O) groups is 3. The van der Waals surface area contributed by atoms with Crippen molar-refractivity contribution in [3.63, 3.8) is 0 Å². The molecule has 0 bridgehead atoms. The van der Waals surface area contributed by atoms with Crippen LogP contribution in [0.2, 0.25) is 0 Å². The van der Waals surface area contributed by atoms with E-state index >= 15 is 0 Å². The van der Waals surface area contributed by atoms with Crippen LogP contribution in [-0.2, 0) is 19.4 Å². The Balaban J connectivity index is 1.97. The fraction of sp³-hybridized carbons (Fsp3) is 0.412. The molecule has 3 rings (SSSR count). The number of sulfone groups is 1. The number of amides is 2. The van der Waals surface area contributed by atoms with Gasteiger partial charge in [0.25, 0.3) is 11.8 Å². The monoisotopic (exact) mass is 408 g/mol. The first-order chi connectivity index (χ1) is 13.0. The molecule has 10 nitrogen and oxygen atoms in total. The summed E-state index contributed by atoms with van der Waals surface area (Å²) in [6.45, 7) is 3.16. The number of aliphatic carboxylic acids is 1. The van der Waals surface area contributed by atoms with Crippen molar-refractivity contribution in [1.29, 1.82) is 0 Å². The van der Waals surface area contributed by atoms with E-state index in [0.717, 1.165) is 4.90 Å². The Bertz CT molecular complexity index is 1000. The number of carboxylic acids is 1. The molecule has 3 heterocycles. The lowest BCUT2D eigenvalue weighted by Crippen LogP contribution is -2.58. The summed E-state index contributed by atoms with van der Waals surface area (Å²) in [5.74, 6) is -2.43. The van der Waals surface area contributed by atoms with Gasteiger partial charge in [0, 0.05) is 24.8 Å². The zero-order valence-electron chi connectivity index (χ0n) is 15.2. The van der Waals surface area contributed by atoms with Crippen LogP contribution < -0.4 is 11.1 Å². The fourth-order valence-electron chi connectivity index (χ4n) is 3.46. The van der Waals surface area contributed by atoms with Crippen molar-refractivity contribution in [2.24, 2.45) is 5.73 Å². The number of nitrogens with one attached hydrogen (secondary N) is 1. The van der Waals surface area contributed by atoms with Crippen molar-refractivity contribution < 1.29 is 27.9 Å². The second-order valence-corrected chi connectivity index (χ2v) is 9.66. The smallest absolute Gasteiger partial charge is 0.328 e. The summed E-state index contributed by atoms with van der Waals surface area (Å²) in [5.41, 5.74) is 5.77. The minimum absolute atomic E-state index is 0.0659. The van der Waals surface area contributed by atoms with Gasteiger partial charge in [0.05, 0.1) is 11.3 Å². The van der Waals surface area contributed by atoms with E-state index in [9.17, 15) is 27.9 Å². The van der Waals surface area contributed by atoms with Crippen LogP contribution in [0.25, 0.3) is 6.08 Å². The molecule has 2 aliphatic rings. The molecule has 2 amide bonds. The maximum absolute atomic E-state index is 12.8. The Morgan fingerprint density at radius 1 is 1.43 bits per heavy atom. The molecule has 2 atom stereocenters. The van der Waals surface area contributed by atoms with Gasteiger partial charge < -0.3 is 21.1 Å². The highest BCUT2D eigenvalue weighted by atomic mass is 32.2. The number of hydrogen-bond acceptors (Lipinski definition) is 7. The summed E-state index contributed by atoms with van der Waals surface area (Å²) in [7, 11) is -3.97. The van der Waals surface area contributed by atoms with Crippen molar-refractivity contribution in [3.8, 4) is 0 Å². The van der Waals surface area contributed by atoms with Gasteiger partial charge in [0.1, 0.15) is 4.75 Å². The highest BCUT2D eigenvalue weighted by molar-refractivity contribution is 7.94. The number of nitrogens with two attached hydrogens (primary N) is 1. The molecule has 0 spiro atoms. The third-order valence-electron chi connectivity index (χ3n) is 4.97. The highest BCUT2D eigenvalue weighted by Gasteiger charge is 2.70. The number of rotatable bonds is 5. The number of carboxylic acid groups (broad SMARTS) is 1. The minimum atomic E-state index is -3.97. The predicted octanol–water partition coefficient (Wildman–Crippen LogP) is -1.02. The molecule has 1 unspecified atom stereocenters. The molecule has 0 radical (unpaired) electrons. The topological polar surface area (TPSA) is 160 Å². The van der Waals surface area contributed by atoms with E-state index in [4.69, 9.17) is 5.73 Å². The summed E-state index contributed by atoms with van der Waals surface area (Å²) in [4.78, 5) is 41.0. The summed E-state index contributed by atoms with van der Waals surface area (Å²) < 4.78 is 24.0. The van der Waals surface area contributed by atoms with E-state index in [1.54, 1.807) is 0 Å². The van der Waals surface area contributed by atoms with Crippen molar-refractivity contribution in [3.05, 3.63) is 35.2 Å². The van der Waals surface area contributed by atoms with Gasteiger partial charge in [-0.25, -0.2) is 13.2 Å². The van der Waals surface area contributed by atoms with Crippen molar-refractivity contribution in [2.75, 3.05) is 13.1 Å². The van der Waals surface area contributed by atoms with Crippen molar-refractivity contribution >= 4 is 33.7 Å². The molecule has 2 saturated heterocycles. The number of aromatic nitrogens is 1. The first kappa shape index (κ1) is 20.0. The molecule has 150 valence electrons. The lowest BCUT2D eigenvalue weighted by Gasteiger charge is -2.37. The number of β-lactam (4-membered cyclic amide) rings is 1. The van der Waals surface area contributed by atoms with E-state index in [2.05, 4.69) is 10.3 Å². The van der Waals surface area contributed by atoms with Crippen LogP contribution in [0.4, 0.5) is 0 Å². The average Bonchev–Trinajstić information content (AvgIpc) is 2.78. The summed E-state index contributed by atoms with van der Waals surface area (Å²) in [5, 5.41) is 10.7. The van der Waals surface area contributed by atoms with Gasteiger partial charge >= 0.3 is 5.97 Å². The summed E-state index contributed by atoms with van der Waals surface area (Å²) in [6, 6.07) is 1.42. The molecule has 4 N–H and O–H groups in total. The van der Waals surface area contributed by atoms with Gasteiger partial charge in [-0.1, -0.05) is 0 Å². The average molecular weight is 408 g/mol. The largest absolute Gasteiger partial charge is 0.480 e. The molecule has 28 heavy (non-hydrogen) atoms. The standard InChI is InChI=1S/C17H20N4O6S/c1-17(2)12(16(24)25)21-14(23)11(15(21)28(17,26)27)8-10-7-9(3-5-19-10)13(22)20-6-4-18/h3,5,7-8,12,15H,4,6,18H2,1-2H3,(H,20,22)(H,24,25)/b11-8-/t12-,15?/m0/s1. The molecule has 0 saturated carbocycles. The Kier molecular flexibility index (Phi) is 4.76. The van der Waals surface area contributed by atoms with Gasteiger partial charge in [-0.05, 0) is 32.1 Å². The SMILES string of the molecule is CC1(C)[C@H](C(=O)O)N2C(=O)/C(=C/c3cc(C(=O)NCCN)ccn3)C2S1(=O)=O. The van der Waals surface area contributed by atoms with Crippen LogP contribution in [0.5, 0.6) is 0 Å². The Labute approximate surface area is 161 Å². The maximum atomic E-state index is 12.8. The van der Waals surface area contributed by atoms with Crippen LogP contribution in [0, 0.1) is 0 Å². The Morgan fingerprint density at radius 3 is 2.71 bits per heavy atom. The van der Waals surface area contributed by atoms with Gasteiger partial charge in [0.15, 0.2) is 21.3 Å². The van der Waals surface area contributed by atoms with Crippen LogP contribution in [0.1, 0.15) is 29.9 Å². The molecule has 11 heteroatoms. The second kappa shape index (κ2) is 6.67. The number of nitrogens with zero attached hydrogens (tertiary/aromatic N) is 2. The second-order valence-electron chi connectivity index (χ2n) is 7.07. The molecule has 0 aromatic carbocycles. The van der Waals surface area contributed by atoms with Crippen molar-refractivity contribution in [2.45, 2.75) is 30.0 Å². The molecular formula is C17H20N4O6S. The molecule has 2 aliphatic heterocycles. The molecular weight excluding hydrogens is 388 g/mol. The van der Waals surface area contributed by atoms with Crippen molar-refractivity contribution in [1.82, 2.24) is 15.2 Å². The molecule has 1 aromatic heterocycles. The van der Waals surface area contributed by atoms with Crippen LogP contribution >= 0.6 is 0 Å².